The van der Waals surface area contributed by atoms with Crippen LogP contribution in [0.4, 0.5) is 0 Å². The van der Waals surface area contributed by atoms with E-state index in [0.29, 0.717) is 6.04 Å². The molecular formula is C13H16IN. The number of hydrogen-bond acceptors (Lipinski definition) is 0. The fraction of sp³-hybridized carbons (Fsp3) is 0.308. The Morgan fingerprint density at radius 3 is 2.33 bits per heavy atom. The molecule has 15 heavy (non-hydrogen) atoms. The molecule has 1 heterocycles. The number of nitrogens with zero attached hydrogens (tertiary/aromatic N) is 1. The van der Waals surface area contributed by atoms with Gasteiger partial charge in [0.15, 0.2) is 11.7 Å². The number of fused-ring (bicyclic) bond motifs is 1. The van der Waals surface area contributed by atoms with Crippen molar-refractivity contribution in [3.63, 3.8) is 0 Å². The van der Waals surface area contributed by atoms with Crippen molar-refractivity contribution in [1.82, 2.24) is 0 Å². The van der Waals surface area contributed by atoms with Gasteiger partial charge < -0.3 is 24.0 Å². The highest BCUT2D eigenvalue weighted by molar-refractivity contribution is 5.75. The van der Waals surface area contributed by atoms with Gasteiger partial charge in [-0.25, -0.2) is 0 Å². The summed E-state index contributed by atoms with van der Waals surface area (Å²) in [6, 6.07) is 13.4. The molecule has 0 unspecified atom stereocenters. The molecule has 0 radical (unpaired) electrons. The highest BCUT2D eigenvalue weighted by atomic mass is 127. The van der Waals surface area contributed by atoms with Crippen LogP contribution in [0.25, 0.3) is 10.9 Å². The Hall–Kier alpha value is -0.640. The van der Waals surface area contributed by atoms with Gasteiger partial charge in [0, 0.05) is 24.4 Å². The van der Waals surface area contributed by atoms with E-state index in [4.69, 9.17) is 0 Å². The average molecular weight is 313 g/mol. The molecule has 0 spiro atoms. The van der Waals surface area contributed by atoms with Crippen LogP contribution in [0, 0.1) is 6.92 Å². The second-order valence-electron chi connectivity index (χ2n) is 4.00. The molecule has 0 saturated heterocycles. The van der Waals surface area contributed by atoms with E-state index < -0.39 is 0 Å². The summed E-state index contributed by atoms with van der Waals surface area (Å²) in [4.78, 5) is 0. The molecule has 2 heteroatoms. The van der Waals surface area contributed by atoms with Crippen molar-refractivity contribution >= 4 is 10.9 Å². The van der Waals surface area contributed by atoms with Crippen molar-refractivity contribution in [3.8, 4) is 0 Å². The van der Waals surface area contributed by atoms with E-state index >= 15 is 0 Å². The van der Waals surface area contributed by atoms with E-state index in [0.717, 1.165) is 0 Å². The maximum Gasteiger partial charge on any atom is 0.212 e. The molecule has 0 saturated carbocycles. The molecule has 2 aromatic rings. The largest absolute Gasteiger partial charge is 1.00 e. The predicted octanol–water partition coefficient (Wildman–Crippen LogP) is 0.0206. The quantitative estimate of drug-likeness (QED) is 0.516. The zero-order valence-corrected chi connectivity index (χ0v) is 11.5. The molecule has 0 amide bonds. The van der Waals surface area contributed by atoms with Gasteiger partial charge in [-0.1, -0.05) is 12.1 Å². The molecule has 0 atom stereocenters. The SMILES string of the molecule is Cc1ccc2ccccc2[n+]1C(C)C.[I-]. The lowest BCUT2D eigenvalue weighted by molar-refractivity contribution is -0.697. The summed E-state index contributed by atoms with van der Waals surface area (Å²) in [5.41, 5.74) is 2.64. The maximum atomic E-state index is 2.37. The molecule has 1 aromatic heterocycles. The minimum absolute atomic E-state index is 0. The summed E-state index contributed by atoms with van der Waals surface area (Å²) < 4.78 is 2.37. The number of rotatable bonds is 1. The number of para-hydroxylation sites is 1. The average Bonchev–Trinajstić information content (AvgIpc) is 2.17. The van der Waals surface area contributed by atoms with E-state index in [1.165, 1.54) is 16.6 Å². The Morgan fingerprint density at radius 1 is 1.00 bits per heavy atom. The second-order valence-corrected chi connectivity index (χ2v) is 4.00. The lowest BCUT2D eigenvalue weighted by atomic mass is 10.1. The van der Waals surface area contributed by atoms with Crippen LogP contribution in [0.15, 0.2) is 36.4 Å². The van der Waals surface area contributed by atoms with Gasteiger partial charge in [0.25, 0.3) is 0 Å². The Bertz CT molecular complexity index is 463. The van der Waals surface area contributed by atoms with Crippen molar-refractivity contribution in [2.75, 3.05) is 0 Å². The summed E-state index contributed by atoms with van der Waals surface area (Å²) in [7, 11) is 0. The van der Waals surface area contributed by atoms with Crippen LogP contribution in [0.3, 0.4) is 0 Å². The van der Waals surface area contributed by atoms with Gasteiger partial charge in [-0.05, 0) is 26.0 Å². The van der Waals surface area contributed by atoms with Gasteiger partial charge in [-0.3, -0.25) is 0 Å². The van der Waals surface area contributed by atoms with Crippen molar-refractivity contribution in [2.45, 2.75) is 26.8 Å². The molecule has 80 valence electrons. The molecule has 0 N–H and O–H groups in total. The van der Waals surface area contributed by atoms with Gasteiger partial charge in [0.05, 0.1) is 0 Å². The molecule has 1 nitrogen and oxygen atoms in total. The van der Waals surface area contributed by atoms with Gasteiger partial charge in [-0.2, -0.15) is 4.57 Å². The Kier molecular flexibility index (Phi) is 4.08. The van der Waals surface area contributed by atoms with Crippen molar-refractivity contribution < 1.29 is 28.5 Å². The minimum Gasteiger partial charge on any atom is -1.00 e. The van der Waals surface area contributed by atoms with Crippen LogP contribution in [-0.4, -0.2) is 0 Å². The lowest BCUT2D eigenvalue weighted by Gasteiger charge is -2.07. The monoisotopic (exact) mass is 313 g/mol. The first-order valence-corrected chi connectivity index (χ1v) is 5.10. The summed E-state index contributed by atoms with van der Waals surface area (Å²) >= 11 is 0. The highest BCUT2D eigenvalue weighted by Crippen LogP contribution is 2.12. The maximum absolute atomic E-state index is 2.37. The first-order valence-electron chi connectivity index (χ1n) is 5.10. The fourth-order valence-electron chi connectivity index (χ4n) is 2.01. The van der Waals surface area contributed by atoms with Crippen molar-refractivity contribution in [2.24, 2.45) is 0 Å². The zero-order chi connectivity index (χ0) is 10.1. The van der Waals surface area contributed by atoms with Gasteiger partial charge >= 0.3 is 0 Å². The van der Waals surface area contributed by atoms with Crippen LogP contribution in [0.5, 0.6) is 0 Å². The smallest absolute Gasteiger partial charge is 0.212 e. The van der Waals surface area contributed by atoms with E-state index in [-0.39, 0.29) is 24.0 Å². The summed E-state index contributed by atoms with van der Waals surface area (Å²) in [6.45, 7) is 6.60. The molecule has 0 aliphatic heterocycles. The third-order valence-electron chi connectivity index (χ3n) is 2.60. The van der Waals surface area contributed by atoms with E-state index in [2.05, 4.69) is 61.7 Å². The van der Waals surface area contributed by atoms with Crippen LogP contribution >= 0.6 is 0 Å². The normalized spacial score (nSPS) is 10.4. The van der Waals surface area contributed by atoms with E-state index in [9.17, 15) is 0 Å². The number of halogens is 1. The van der Waals surface area contributed by atoms with Crippen LogP contribution in [-0.2, 0) is 0 Å². The first kappa shape index (κ1) is 12.4. The Labute approximate surface area is 108 Å². The van der Waals surface area contributed by atoms with Gasteiger partial charge in [0.1, 0.15) is 0 Å². The standard InChI is InChI=1S/C13H16N.HI/c1-10(2)14-11(3)8-9-12-6-4-5-7-13(12)14;/h4-10H,1-3H3;1H/q+1;/p-1. The first-order chi connectivity index (χ1) is 6.70. The summed E-state index contributed by atoms with van der Waals surface area (Å²) in [6.07, 6.45) is 0. The van der Waals surface area contributed by atoms with Gasteiger partial charge in [-0.15, -0.1) is 0 Å². The third kappa shape index (κ3) is 2.30. The minimum atomic E-state index is 0. The number of aryl methyl sites for hydroxylation is 1. The highest BCUT2D eigenvalue weighted by Gasteiger charge is 2.14. The molecule has 2 rings (SSSR count). The van der Waals surface area contributed by atoms with Crippen LogP contribution in [0.2, 0.25) is 0 Å². The molecule has 0 aliphatic carbocycles. The number of hydrogen-bond donors (Lipinski definition) is 0. The second kappa shape index (κ2) is 4.92. The molecule has 0 aliphatic rings. The van der Waals surface area contributed by atoms with Crippen LogP contribution in [0.1, 0.15) is 25.6 Å². The van der Waals surface area contributed by atoms with Crippen molar-refractivity contribution in [3.05, 3.63) is 42.1 Å². The zero-order valence-electron chi connectivity index (χ0n) is 9.37. The topological polar surface area (TPSA) is 3.88 Å². The fourth-order valence-corrected chi connectivity index (χ4v) is 2.01. The third-order valence-corrected chi connectivity index (χ3v) is 2.60. The molecule has 0 bridgehead atoms. The Morgan fingerprint density at radius 2 is 1.67 bits per heavy atom. The lowest BCUT2D eigenvalue weighted by Crippen LogP contribution is -3.00. The number of aromatic nitrogens is 1. The predicted molar refractivity (Wildman–Crippen MR) is 59.3 cm³/mol. The summed E-state index contributed by atoms with van der Waals surface area (Å²) in [5, 5.41) is 1.31. The van der Waals surface area contributed by atoms with Crippen molar-refractivity contribution in [1.29, 1.82) is 0 Å². The molecule has 0 fully saturated rings. The van der Waals surface area contributed by atoms with E-state index in [1.54, 1.807) is 0 Å². The summed E-state index contributed by atoms with van der Waals surface area (Å²) in [5.74, 6) is 0. The van der Waals surface area contributed by atoms with Gasteiger partial charge in [0.2, 0.25) is 5.52 Å². The molecular weight excluding hydrogens is 297 g/mol. The Balaban J connectivity index is 0.00000112. The number of benzene rings is 1. The van der Waals surface area contributed by atoms with E-state index in [1.807, 2.05) is 0 Å². The number of pyridine rings is 1. The molecule has 1 aromatic carbocycles. The van der Waals surface area contributed by atoms with Crippen LogP contribution < -0.4 is 28.5 Å².